The van der Waals surface area contributed by atoms with Gasteiger partial charge in [-0.05, 0) is 30.3 Å². The Morgan fingerprint density at radius 3 is 2.64 bits per heavy atom. The second kappa shape index (κ2) is 8.03. The normalized spacial score (nSPS) is 10.7. The van der Waals surface area contributed by atoms with Crippen LogP contribution in [-0.2, 0) is 4.79 Å². The largest absolute Gasteiger partial charge is 0.484 e. The van der Waals surface area contributed by atoms with Crippen molar-refractivity contribution in [2.75, 3.05) is 6.61 Å². The molecule has 0 radical (unpaired) electrons. The Kier molecular flexibility index (Phi) is 6.07. The number of ether oxygens (including phenoxy) is 1. The van der Waals surface area contributed by atoms with Crippen molar-refractivity contribution in [3.8, 4) is 5.75 Å². The Hall–Kier alpha value is -1.75. The quantitative estimate of drug-likeness (QED) is 0.645. The fraction of sp³-hybridized carbons (Fsp3) is 0.0667. The Bertz CT molecular complexity index is 705. The molecule has 22 heavy (non-hydrogen) atoms. The van der Waals surface area contributed by atoms with Gasteiger partial charge >= 0.3 is 0 Å². The number of nitrogens with one attached hydrogen (secondary N) is 1. The smallest absolute Gasteiger partial charge is 0.277 e. The van der Waals surface area contributed by atoms with Gasteiger partial charge in [-0.2, -0.15) is 5.10 Å². The van der Waals surface area contributed by atoms with Gasteiger partial charge in [-0.15, -0.1) is 0 Å². The summed E-state index contributed by atoms with van der Waals surface area (Å²) in [5.41, 5.74) is 2.98. The van der Waals surface area contributed by atoms with Crippen molar-refractivity contribution >= 4 is 46.9 Å². The first-order chi connectivity index (χ1) is 10.5. The fourth-order valence-corrected chi connectivity index (χ4v) is 2.16. The molecule has 7 heteroatoms. The molecule has 4 nitrogen and oxygen atoms in total. The van der Waals surface area contributed by atoms with E-state index in [0.29, 0.717) is 26.4 Å². The molecule has 114 valence electrons. The van der Waals surface area contributed by atoms with Crippen LogP contribution in [0.1, 0.15) is 5.56 Å². The molecule has 0 aromatic heterocycles. The van der Waals surface area contributed by atoms with Crippen molar-refractivity contribution in [3.05, 3.63) is 63.1 Å². The van der Waals surface area contributed by atoms with Crippen LogP contribution in [0.5, 0.6) is 5.75 Å². The molecule has 2 rings (SSSR count). The monoisotopic (exact) mass is 356 g/mol. The van der Waals surface area contributed by atoms with Gasteiger partial charge in [0.2, 0.25) is 0 Å². The van der Waals surface area contributed by atoms with Crippen LogP contribution in [0.4, 0.5) is 0 Å². The maximum absolute atomic E-state index is 11.6. The van der Waals surface area contributed by atoms with Crippen LogP contribution in [0.25, 0.3) is 0 Å². The van der Waals surface area contributed by atoms with Crippen molar-refractivity contribution in [3.63, 3.8) is 0 Å². The number of benzene rings is 2. The molecule has 1 N–H and O–H groups in total. The third-order valence-corrected chi connectivity index (χ3v) is 3.32. The highest BCUT2D eigenvalue weighted by Gasteiger charge is 2.02. The molecule has 1 amide bonds. The van der Waals surface area contributed by atoms with E-state index in [-0.39, 0.29) is 6.61 Å². The van der Waals surface area contributed by atoms with E-state index in [1.165, 1.54) is 6.21 Å². The Labute approximate surface area is 142 Å². The molecule has 0 aliphatic carbocycles. The Morgan fingerprint density at radius 2 is 1.91 bits per heavy atom. The minimum absolute atomic E-state index is 0.175. The molecule has 0 bridgehead atoms. The third kappa shape index (κ3) is 5.22. The van der Waals surface area contributed by atoms with Gasteiger partial charge in [-0.1, -0.05) is 46.9 Å². The number of rotatable bonds is 5. The van der Waals surface area contributed by atoms with E-state index in [1.54, 1.807) is 42.5 Å². The first kappa shape index (κ1) is 16.6. The van der Waals surface area contributed by atoms with E-state index in [1.807, 2.05) is 0 Å². The zero-order chi connectivity index (χ0) is 15.9. The highest BCUT2D eigenvalue weighted by Crippen LogP contribution is 2.19. The number of hydrogen-bond donors (Lipinski definition) is 1. The predicted octanol–water partition coefficient (Wildman–Crippen LogP) is 4.18. The minimum Gasteiger partial charge on any atom is -0.484 e. The van der Waals surface area contributed by atoms with Crippen LogP contribution in [0, 0.1) is 0 Å². The lowest BCUT2D eigenvalue weighted by atomic mass is 10.2. The molecule has 0 spiro atoms. The lowest BCUT2D eigenvalue weighted by Gasteiger charge is -2.05. The number of nitrogens with zero attached hydrogens (tertiary/aromatic N) is 1. The summed E-state index contributed by atoms with van der Waals surface area (Å²) in [6.45, 7) is -0.175. The summed E-state index contributed by atoms with van der Waals surface area (Å²) in [6, 6.07) is 11.7. The summed E-state index contributed by atoms with van der Waals surface area (Å²) >= 11 is 17.6. The van der Waals surface area contributed by atoms with Crippen LogP contribution < -0.4 is 10.2 Å². The molecular formula is C15H11Cl3N2O2. The standard InChI is InChI=1S/C15H11Cl3N2O2/c16-11-2-1-3-13(6-11)22-9-15(21)20-19-8-10-4-5-12(17)7-14(10)18/h1-8H,9H2,(H,20,21)/b19-8+. The van der Waals surface area contributed by atoms with Gasteiger partial charge in [0.25, 0.3) is 5.91 Å². The molecule has 0 heterocycles. The number of amides is 1. The van der Waals surface area contributed by atoms with Gasteiger partial charge in [0.15, 0.2) is 6.61 Å². The average molecular weight is 358 g/mol. The Balaban J connectivity index is 1.83. The maximum atomic E-state index is 11.6. The maximum Gasteiger partial charge on any atom is 0.277 e. The molecule has 0 saturated carbocycles. The highest BCUT2D eigenvalue weighted by molar-refractivity contribution is 6.36. The van der Waals surface area contributed by atoms with Crippen LogP contribution in [-0.4, -0.2) is 18.7 Å². The zero-order valence-electron chi connectivity index (χ0n) is 11.2. The Morgan fingerprint density at radius 1 is 1.14 bits per heavy atom. The van der Waals surface area contributed by atoms with Gasteiger partial charge in [0, 0.05) is 15.6 Å². The molecule has 0 atom stereocenters. The highest BCUT2D eigenvalue weighted by atomic mass is 35.5. The zero-order valence-corrected chi connectivity index (χ0v) is 13.5. The van der Waals surface area contributed by atoms with Crippen molar-refractivity contribution in [2.24, 2.45) is 5.10 Å². The number of carbonyl (C=O) groups excluding carboxylic acids is 1. The van der Waals surface area contributed by atoms with Crippen LogP contribution in [0.3, 0.4) is 0 Å². The molecular weight excluding hydrogens is 347 g/mol. The topological polar surface area (TPSA) is 50.7 Å². The van der Waals surface area contributed by atoms with Gasteiger partial charge in [0.1, 0.15) is 5.75 Å². The summed E-state index contributed by atoms with van der Waals surface area (Å²) in [6.07, 6.45) is 1.43. The fourth-order valence-electron chi connectivity index (χ4n) is 1.52. The van der Waals surface area contributed by atoms with Gasteiger partial charge < -0.3 is 4.74 Å². The minimum atomic E-state index is -0.402. The molecule has 0 aliphatic rings. The van der Waals surface area contributed by atoms with Gasteiger partial charge in [-0.3, -0.25) is 4.79 Å². The van der Waals surface area contributed by atoms with Crippen molar-refractivity contribution in [2.45, 2.75) is 0 Å². The van der Waals surface area contributed by atoms with E-state index in [2.05, 4.69) is 10.5 Å². The SMILES string of the molecule is O=C(COc1cccc(Cl)c1)N/N=C/c1ccc(Cl)cc1Cl. The van der Waals surface area contributed by atoms with Gasteiger partial charge in [-0.25, -0.2) is 5.43 Å². The second-order valence-electron chi connectivity index (χ2n) is 4.21. The van der Waals surface area contributed by atoms with E-state index >= 15 is 0 Å². The molecule has 2 aromatic rings. The summed E-state index contributed by atoms with van der Waals surface area (Å²) in [4.78, 5) is 11.6. The lowest BCUT2D eigenvalue weighted by molar-refractivity contribution is -0.123. The summed E-state index contributed by atoms with van der Waals surface area (Å²) in [7, 11) is 0. The van der Waals surface area contributed by atoms with E-state index in [4.69, 9.17) is 39.5 Å². The van der Waals surface area contributed by atoms with Crippen LogP contribution >= 0.6 is 34.8 Å². The van der Waals surface area contributed by atoms with E-state index < -0.39 is 5.91 Å². The number of hydrogen-bond acceptors (Lipinski definition) is 3. The molecule has 0 aliphatic heterocycles. The predicted molar refractivity (Wildman–Crippen MR) is 89.1 cm³/mol. The molecule has 0 saturated heterocycles. The number of carbonyl (C=O) groups is 1. The lowest BCUT2D eigenvalue weighted by Crippen LogP contribution is -2.24. The van der Waals surface area contributed by atoms with Crippen molar-refractivity contribution in [1.82, 2.24) is 5.43 Å². The van der Waals surface area contributed by atoms with Crippen molar-refractivity contribution in [1.29, 1.82) is 0 Å². The first-order valence-electron chi connectivity index (χ1n) is 6.20. The van der Waals surface area contributed by atoms with Gasteiger partial charge in [0.05, 0.1) is 11.2 Å². The molecule has 0 unspecified atom stereocenters. The van der Waals surface area contributed by atoms with Crippen LogP contribution in [0.2, 0.25) is 15.1 Å². The van der Waals surface area contributed by atoms with Crippen LogP contribution in [0.15, 0.2) is 47.6 Å². The van der Waals surface area contributed by atoms with E-state index in [9.17, 15) is 4.79 Å². The molecule has 2 aromatic carbocycles. The molecule has 0 fully saturated rings. The number of halogens is 3. The average Bonchev–Trinajstić information content (AvgIpc) is 2.47. The summed E-state index contributed by atoms with van der Waals surface area (Å²) < 4.78 is 5.28. The third-order valence-electron chi connectivity index (χ3n) is 2.52. The second-order valence-corrected chi connectivity index (χ2v) is 5.49. The number of hydrazone groups is 1. The van der Waals surface area contributed by atoms with Crippen molar-refractivity contribution < 1.29 is 9.53 Å². The van der Waals surface area contributed by atoms with E-state index in [0.717, 1.165) is 0 Å². The summed E-state index contributed by atoms with van der Waals surface area (Å²) in [5, 5.41) is 5.31. The first-order valence-corrected chi connectivity index (χ1v) is 7.33. The summed E-state index contributed by atoms with van der Waals surface area (Å²) in [5.74, 6) is 0.105.